The lowest BCUT2D eigenvalue weighted by atomic mass is 10.2. The molecule has 0 radical (unpaired) electrons. The van der Waals surface area contributed by atoms with Gasteiger partial charge < -0.3 is 23.4 Å². The first-order valence-corrected chi connectivity index (χ1v) is 13.2. The number of ether oxygens (including phenoxy) is 4. The summed E-state index contributed by atoms with van der Waals surface area (Å²) in [4.78, 5) is 48.4. The zero-order valence-electron chi connectivity index (χ0n) is 23.1. The number of hydrogen-bond acceptors (Lipinski definition) is 8. The fourth-order valence-corrected chi connectivity index (χ4v) is 3.61. The van der Waals surface area contributed by atoms with Crippen LogP contribution in [0.3, 0.4) is 0 Å². The van der Waals surface area contributed by atoms with Gasteiger partial charge in [0.15, 0.2) is 6.10 Å². The van der Waals surface area contributed by atoms with E-state index in [1.807, 2.05) is 81.8 Å². The summed E-state index contributed by atoms with van der Waals surface area (Å²) in [6.07, 6.45) is 0.264. The van der Waals surface area contributed by atoms with E-state index in [1.165, 1.54) is 0 Å². The molecule has 39 heavy (non-hydrogen) atoms. The first kappa shape index (κ1) is 31.5. The average molecular weight is 543 g/mol. The number of carbonyl (C=O) groups excluding carboxylic acids is 4. The van der Waals surface area contributed by atoms with E-state index in [-0.39, 0.29) is 57.4 Å². The van der Waals surface area contributed by atoms with Crippen molar-refractivity contribution in [2.24, 2.45) is 0 Å². The molecular weight excluding hydrogens is 502 g/mol. The van der Waals surface area contributed by atoms with Crippen LogP contribution in [0.2, 0.25) is 0 Å². The van der Waals surface area contributed by atoms with Crippen LogP contribution < -0.4 is 0 Å². The summed E-state index contributed by atoms with van der Waals surface area (Å²) in [7, 11) is 5.81. The van der Waals surface area contributed by atoms with Crippen molar-refractivity contribution >= 4 is 23.9 Å². The molecule has 0 aliphatic carbocycles. The van der Waals surface area contributed by atoms with Crippen molar-refractivity contribution < 1.29 is 42.6 Å². The molecule has 9 nitrogen and oxygen atoms in total. The van der Waals surface area contributed by atoms with E-state index in [9.17, 15) is 19.2 Å². The standard InChI is InChI=1S/C30H40NO8/c1-31(2,3)20-26(39-30(35)19-11-18-28(33)37-22-25-14-8-5-9-15-25)23-38-29(34)17-10-16-27(32)36-21-24-12-6-4-7-13-24/h4-9,12-15,26H,10-11,16-23H2,1-3H3/q+1. The molecule has 1 atom stereocenters. The van der Waals surface area contributed by atoms with Crippen LogP contribution in [0, 0.1) is 0 Å². The fourth-order valence-electron chi connectivity index (χ4n) is 3.61. The van der Waals surface area contributed by atoms with Crippen LogP contribution in [0.5, 0.6) is 0 Å². The normalized spacial score (nSPS) is 11.8. The summed E-state index contributed by atoms with van der Waals surface area (Å²) >= 11 is 0. The molecule has 0 spiro atoms. The topological polar surface area (TPSA) is 105 Å². The highest BCUT2D eigenvalue weighted by Gasteiger charge is 2.24. The lowest BCUT2D eigenvalue weighted by molar-refractivity contribution is -0.873. The van der Waals surface area contributed by atoms with Gasteiger partial charge in [-0.2, -0.15) is 0 Å². The van der Waals surface area contributed by atoms with Gasteiger partial charge in [0.1, 0.15) is 26.4 Å². The Morgan fingerprint density at radius 3 is 1.46 bits per heavy atom. The van der Waals surface area contributed by atoms with E-state index in [0.717, 1.165) is 11.1 Å². The second kappa shape index (κ2) is 17.0. The maximum Gasteiger partial charge on any atom is 0.306 e. The molecule has 9 heteroatoms. The Hall–Kier alpha value is -3.72. The summed E-state index contributed by atoms with van der Waals surface area (Å²) in [5.74, 6) is -1.71. The Bertz CT molecular complexity index is 1030. The minimum absolute atomic E-state index is 0.0487. The van der Waals surface area contributed by atoms with Crippen LogP contribution in [-0.4, -0.2) is 68.8 Å². The number of carbonyl (C=O) groups is 4. The van der Waals surface area contributed by atoms with Crippen molar-refractivity contribution in [2.75, 3.05) is 34.3 Å². The molecule has 0 aliphatic rings. The maximum absolute atomic E-state index is 12.4. The van der Waals surface area contributed by atoms with Gasteiger partial charge in [-0.1, -0.05) is 60.7 Å². The number of esters is 4. The van der Waals surface area contributed by atoms with Crippen LogP contribution in [0.1, 0.15) is 49.7 Å². The Morgan fingerprint density at radius 2 is 1.03 bits per heavy atom. The Labute approximate surface area is 230 Å². The third kappa shape index (κ3) is 15.3. The number of hydrogen-bond donors (Lipinski definition) is 0. The molecule has 212 valence electrons. The zero-order valence-corrected chi connectivity index (χ0v) is 23.1. The Morgan fingerprint density at radius 1 is 0.615 bits per heavy atom. The summed E-state index contributed by atoms with van der Waals surface area (Å²) in [6.45, 7) is 0.731. The number of nitrogens with zero attached hydrogens (tertiary/aromatic N) is 1. The molecular formula is C30H40NO8+. The van der Waals surface area contributed by atoms with Gasteiger partial charge in [0, 0.05) is 25.7 Å². The number of rotatable bonds is 17. The van der Waals surface area contributed by atoms with Crippen LogP contribution in [0.25, 0.3) is 0 Å². The van der Waals surface area contributed by atoms with Gasteiger partial charge in [-0.3, -0.25) is 19.2 Å². The number of benzene rings is 2. The van der Waals surface area contributed by atoms with Gasteiger partial charge in [-0.05, 0) is 24.0 Å². The predicted octanol–water partition coefficient (Wildman–Crippen LogP) is 3.98. The number of quaternary nitrogens is 1. The highest BCUT2D eigenvalue weighted by molar-refractivity contribution is 5.73. The van der Waals surface area contributed by atoms with E-state index >= 15 is 0 Å². The van der Waals surface area contributed by atoms with Gasteiger partial charge in [0.05, 0.1) is 21.1 Å². The smallest absolute Gasteiger partial charge is 0.306 e. The Balaban J connectivity index is 1.65. The fraction of sp³-hybridized carbons (Fsp3) is 0.467. The third-order valence-corrected chi connectivity index (χ3v) is 5.49. The molecule has 0 fully saturated rings. The average Bonchev–Trinajstić information content (AvgIpc) is 2.90. The summed E-state index contributed by atoms with van der Waals surface area (Å²) < 4.78 is 21.8. The van der Waals surface area contributed by atoms with Crippen LogP contribution in [0.4, 0.5) is 0 Å². The van der Waals surface area contributed by atoms with Crippen LogP contribution in [0.15, 0.2) is 60.7 Å². The van der Waals surface area contributed by atoms with Crippen molar-refractivity contribution in [3.63, 3.8) is 0 Å². The molecule has 0 aromatic heterocycles. The molecule has 0 bridgehead atoms. The minimum Gasteiger partial charge on any atom is -0.461 e. The molecule has 0 N–H and O–H groups in total. The van der Waals surface area contributed by atoms with Gasteiger partial charge in [-0.15, -0.1) is 0 Å². The molecule has 0 heterocycles. The van der Waals surface area contributed by atoms with Crippen LogP contribution >= 0.6 is 0 Å². The number of likely N-dealkylation sites (N-methyl/N-ethyl adjacent to an activating group) is 1. The van der Waals surface area contributed by atoms with Gasteiger partial charge in [-0.25, -0.2) is 0 Å². The first-order valence-electron chi connectivity index (χ1n) is 13.2. The van der Waals surface area contributed by atoms with Crippen molar-refractivity contribution in [2.45, 2.75) is 57.8 Å². The van der Waals surface area contributed by atoms with Crippen molar-refractivity contribution in [1.29, 1.82) is 0 Å². The summed E-state index contributed by atoms with van der Waals surface area (Å²) in [5.41, 5.74) is 1.79. The molecule has 1 unspecified atom stereocenters. The summed E-state index contributed by atoms with van der Waals surface area (Å²) in [6, 6.07) is 18.7. The predicted molar refractivity (Wildman–Crippen MR) is 144 cm³/mol. The second-order valence-corrected chi connectivity index (χ2v) is 10.3. The molecule has 2 rings (SSSR count). The summed E-state index contributed by atoms with van der Waals surface area (Å²) in [5, 5.41) is 0. The van der Waals surface area contributed by atoms with Crippen LogP contribution in [-0.2, 0) is 51.3 Å². The van der Waals surface area contributed by atoms with Crippen molar-refractivity contribution in [3.8, 4) is 0 Å². The highest BCUT2D eigenvalue weighted by atomic mass is 16.6. The van der Waals surface area contributed by atoms with Gasteiger partial charge in [0.25, 0.3) is 0 Å². The van der Waals surface area contributed by atoms with E-state index in [2.05, 4.69) is 0 Å². The van der Waals surface area contributed by atoms with E-state index in [1.54, 1.807) is 0 Å². The lowest BCUT2D eigenvalue weighted by Crippen LogP contribution is -2.45. The molecule has 0 aliphatic heterocycles. The molecule has 2 aromatic rings. The molecule has 2 aromatic carbocycles. The van der Waals surface area contributed by atoms with Gasteiger partial charge >= 0.3 is 23.9 Å². The Kier molecular flexibility index (Phi) is 13.7. The van der Waals surface area contributed by atoms with E-state index < -0.39 is 18.0 Å². The monoisotopic (exact) mass is 542 g/mol. The highest BCUT2D eigenvalue weighted by Crippen LogP contribution is 2.09. The van der Waals surface area contributed by atoms with E-state index in [4.69, 9.17) is 18.9 Å². The molecule has 0 saturated heterocycles. The SMILES string of the molecule is C[N+](C)(C)CC(COC(=O)CCCC(=O)OCc1ccccc1)OC(=O)CCCC(=O)OCc1ccccc1. The van der Waals surface area contributed by atoms with Gasteiger partial charge in [0.2, 0.25) is 0 Å². The minimum atomic E-state index is -0.637. The molecule has 0 saturated carbocycles. The molecule has 0 amide bonds. The maximum atomic E-state index is 12.4. The van der Waals surface area contributed by atoms with Crippen molar-refractivity contribution in [1.82, 2.24) is 0 Å². The lowest BCUT2D eigenvalue weighted by Gasteiger charge is -2.28. The largest absolute Gasteiger partial charge is 0.461 e. The first-order chi connectivity index (χ1) is 18.6. The van der Waals surface area contributed by atoms with E-state index in [0.29, 0.717) is 23.9 Å². The second-order valence-electron chi connectivity index (χ2n) is 10.3. The van der Waals surface area contributed by atoms with Crippen molar-refractivity contribution in [3.05, 3.63) is 71.8 Å². The quantitative estimate of drug-likeness (QED) is 0.168. The zero-order chi connectivity index (χ0) is 28.5. The third-order valence-electron chi connectivity index (χ3n) is 5.49.